The van der Waals surface area contributed by atoms with Gasteiger partial charge >= 0.3 is 105 Å². The number of hydrogen-bond acceptors (Lipinski definition) is 1. The van der Waals surface area contributed by atoms with Crippen LogP contribution in [0, 0.1) is 0 Å². The van der Waals surface area contributed by atoms with Crippen LogP contribution in [0.1, 0.15) is 42.5 Å². The summed E-state index contributed by atoms with van der Waals surface area (Å²) in [5.41, 5.74) is 0.767. The van der Waals surface area contributed by atoms with E-state index in [1.54, 1.807) is 0 Å². The first-order chi connectivity index (χ1) is 7.75. The Balaban J connectivity index is 1.97. The molecular weight excluding hydrogens is 261 g/mol. The van der Waals surface area contributed by atoms with E-state index in [4.69, 9.17) is 0 Å². The van der Waals surface area contributed by atoms with E-state index in [1.165, 1.54) is 19.3 Å². The average Bonchev–Trinajstić information content (AvgIpc) is 2.30. The summed E-state index contributed by atoms with van der Waals surface area (Å²) in [7, 11) is 0. The van der Waals surface area contributed by atoms with Gasteiger partial charge in [-0.25, -0.2) is 0 Å². The number of carbonyl (C=O) groups excluding carboxylic acids is 1. The van der Waals surface area contributed by atoms with Crippen molar-refractivity contribution in [3.63, 3.8) is 0 Å². The Kier molecular flexibility index (Phi) is 4.06. The molecule has 84 valence electrons. The zero-order chi connectivity index (χ0) is 11.4. The Morgan fingerprint density at radius 3 is 2.69 bits per heavy atom. The Morgan fingerprint density at radius 1 is 1.25 bits per heavy atom. The molecule has 1 aliphatic carbocycles. The van der Waals surface area contributed by atoms with E-state index in [0.29, 0.717) is 6.04 Å². The van der Waals surface area contributed by atoms with Crippen molar-refractivity contribution in [1.29, 1.82) is 0 Å². The van der Waals surface area contributed by atoms with Crippen LogP contribution >= 0.6 is 0 Å². The van der Waals surface area contributed by atoms with Crippen LogP contribution in [0.15, 0.2) is 24.3 Å². The molecule has 2 rings (SSSR count). The van der Waals surface area contributed by atoms with E-state index in [-0.39, 0.29) is 5.91 Å². The molecule has 1 fully saturated rings. The molecule has 0 bridgehead atoms. The standard InChI is InChI=1S/C13H16AsNO/c14-11-6-4-5-10(9-11)13(16)15-12-7-2-1-3-8-12/h4-6,9,12H,1-3,7-8H2,(H,15,16). The van der Waals surface area contributed by atoms with Gasteiger partial charge in [0.2, 0.25) is 0 Å². The predicted octanol–water partition coefficient (Wildman–Crippen LogP) is 1.54. The van der Waals surface area contributed by atoms with Gasteiger partial charge in [0.25, 0.3) is 0 Å². The quantitative estimate of drug-likeness (QED) is 0.816. The third-order valence-electron chi connectivity index (χ3n) is 3.05. The maximum atomic E-state index is 11.9. The van der Waals surface area contributed by atoms with Crippen LogP contribution in [-0.4, -0.2) is 28.8 Å². The van der Waals surface area contributed by atoms with Gasteiger partial charge in [0.1, 0.15) is 0 Å². The molecule has 1 saturated carbocycles. The summed E-state index contributed by atoms with van der Waals surface area (Å²) in [5, 5.41) is 3.12. The zero-order valence-corrected chi connectivity index (χ0v) is 11.2. The van der Waals surface area contributed by atoms with E-state index in [2.05, 4.69) is 22.2 Å². The number of nitrogens with one attached hydrogen (secondary N) is 1. The molecule has 0 heterocycles. The SMILES string of the molecule is O=C(NC1CCCCC1)c1cccc([As])c1. The molecule has 0 aliphatic heterocycles. The fraction of sp³-hybridized carbons (Fsp3) is 0.462. The van der Waals surface area contributed by atoms with Gasteiger partial charge in [0.05, 0.1) is 0 Å². The molecule has 1 aromatic carbocycles. The van der Waals surface area contributed by atoms with Gasteiger partial charge in [-0.05, 0) is 0 Å². The third kappa shape index (κ3) is 3.12. The van der Waals surface area contributed by atoms with Crippen molar-refractivity contribution in [2.45, 2.75) is 38.1 Å². The molecule has 16 heavy (non-hydrogen) atoms. The molecule has 0 aromatic heterocycles. The minimum absolute atomic E-state index is 0.0693. The normalized spacial score (nSPS) is 17.1. The molecule has 0 atom stereocenters. The monoisotopic (exact) mass is 277 g/mol. The van der Waals surface area contributed by atoms with Gasteiger partial charge in [-0.2, -0.15) is 0 Å². The van der Waals surface area contributed by atoms with Crippen LogP contribution in [0.4, 0.5) is 0 Å². The van der Waals surface area contributed by atoms with E-state index < -0.39 is 0 Å². The zero-order valence-electron chi connectivity index (χ0n) is 9.28. The van der Waals surface area contributed by atoms with Gasteiger partial charge in [-0.1, -0.05) is 0 Å². The first kappa shape index (κ1) is 11.7. The summed E-state index contributed by atoms with van der Waals surface area (Å²) < 4.78 is 1.07. The van der Waals surface area contributed by atoms with Crippen LogP contribution in [0.5, 0.6) is 0 Å². The maximum absolute atomic E-state index is 11.9. The van der Waals surface area contributed by atoms with Crippen molar-refractivity contribution in [2.75, 3.05) is 0 Å². The van der Waals surface area contributed by atoms with Crippen molar-refractivity contribution in [2.24, 2.45) is 0 Å². The van der Waals surface area contributed by atoms with Gasteiger partial charge < -0.3 is 0 Å². The van der Waals surface area contributed by atoms with Gasteiger partial charge in [0.15, 0.2) is 0 Å². The van der Waals surface area contributed by atoms with Crippen molar-refractivity contribution in [1.82, 2.24) is 5.32 Å². The molecular formula is C13H16AsNO. The molecule has 0 spiro atoms. The van der Waals surface area contributed by atoms with Crippen LogP contribution in [0.25, 0.3) is 0 Å². The number of rotatable bonds is 2. The van der Waals surface area contributed by atoms with Crippen LogP contribution in [-0.2, 0) is 0 Å². The molecule has 0 saturated heterocycles. The topological polar surface area (TPSA) is 29.1 Å². The summed E-state index contributed by atoms with van der Waals surface area (Å²) in [6.07, 6.45) is 6.07. The van der Waals surface area contributed by atoms with Crippen LogP contribution in [0.2, 0.25) is 0 Å². The third-order valence-corrected chi connectivity index (χ3v) is 3.63. The van der Waals surface area contributed by atoms with Crippen LogP contribution in [0.3, 0.4) is 0 Å². The Hall–Kier alpha value is -0.752. The molecule has 2 radical (unpaired) electrons. The van der Waals surface area contributed by atoms with E-state index >= 15 is 0 Å². The van der Waals surface area contributed by atoms with E-state index in [1.807, 2.05) is 24.3 Å². The summed E-state index contributed by atoms with van der Waals surface area (Å²) in [6, 6.07) is 8.07. The first-order valence-electron chi connectivity index (χ1n) is 5.85. The fourth-order valence-electron chi connectivity index (χ4n) is 2.16. The predicted molar refractivity (Wildman–Crippen MR) is 66.2 cm³/mol. The Bertz CT molecular complexity index is 372. The molecule has 1 N–H and O–H groups in total. The van der Waals surface area contributed by atoms with Gasteiger partial charge in [-0.15, -0.1) is 0 Å². The molecule has 0 unspecified atom stereocenters. The summed E-state index contributed by atoms with van der Waals surface area (Å²) in [6.45, 7) is 0. The molecule has 2 nitrogen and oxygen atoms in total. The Morgan fingerprint density at radius 2 is 2.00 bits per heavy atom. The van der Waals surface area contributed by atoms with Crippen LogP contribution < -0.4 is 9.67 Å². The summed E-state index contributed by atoms with van der Waals surface area (Å²) in [4.78, 5) is 11.9. The number of benzene rings is 1. The fourth-order valence-corrected chi connectivity index (χ4v) is 2.64. The average molecular weight is 277 g/mol. The number of hydrogen-bond donors (Lipinski definition) is 1. The van der Waals surface area contributed by atoms with Crippen molar-refractivity contribution >= 4 is 27.1 Å². The van der Waals surface area contributed by atoms with E-state index in [9.17, 15) is 4.79 Å². The first-order valence-corrected chi connectivity index (χ1v) is 6.79. The van der Waals surface area contributed by atoms with Crippen molar-refractivity contribution < 1.29 is 4.79 Å². The number of amides is 1. The molecule has 1 aromatic rings. The second-order valence-corrected chi connectivity index (χ2v) is 5.44. The minimum atomic E-state index is 0.0693. The van der Waals surface area contributed by atoms with Crippen molar-refractivity contribution in [3.05, 3.63) is 29.8 Å². The second kappa shape index (κ2) is 5.54. The van der Waals surface area contributed by atoms with E-state index in [0.717, 1.165) is 22.8 Å². The molecule has 3 heteroatoms. The molecule has 1 aliphatic rings. The van der Waals surface area contributed by atoms with Gasteiger partial charge in [-0.3, -0.25) is 0 Å². The molecule has 1 amide bonds. The Labute approximate surface area is 105 Å². The second-order valence-electron chi connectivity index (χ2n) is 4.36. The van der Waals surface area contributed by atoms with Gasteiger partial charge in [0, 0.05) is 0 Å². The van der Waals surface area contributed by atoms with Crippen molar-refractivity contribution in [3.8, 4) is 0 Å². The summed E-state index contributed by atoms with van der Waals surface area (Å²) >= 11 is 2.47. The number of carbonyl (C=O) groups is 1. The summed E-state index contributed by atoms with van der Waals surface area (Å²) in [5.74, 6) is 0.0693.